The number of hydrogen-bond acceptors (Lipinski definition) is 4. The molecule has 3 N–H and O–H groups in total. The Bertz CT molecular complexity index is 508. The van der Waals surface area contributed by atoms with Gasteiger partial charge in [0, 0.05) is 25.2 Å². The number of nitrogens with zero attached hydrogens (tertiary/aromatic N) is 2. The van der Waals surface area contributed by atoms with Crippen molar-refractivity contribution in [2.24, 2.45) is 0 Å². The van der Waals surface area contributed by atoms with E-state index in [0.717, 1.165) is 30.6 Å². The van der Waals surface area contributed by atoms with Crippen LogP contribution in [0.2, 0.25) is 0 Å². The van der Waals surface area contributed by atoms with E-state index in [2.05, 4.69) is 15.2 Å². The molecule has 0 saturated carbocycles. The lowest BCUT2D eigenvalue weighted by atomic mass is 10.0. The van der Waals surface area contributed by atoms with E-state index in [1.165, 1.54) is 0 Å². The van der Waals surface area contributed by atoms with Crippen LogP contribution in [0, 0.1) is 0 Å². The molecule has 1 saturated heterocycles. The number of pyridine rings is 1. The zero-order valence-corrected chi connectivity index (χ0v) is 11.2. The SMILES string of the molecule is O=C(O)N[C@@H]1CCCN([C@H]2c3ncccc3C[C@@H]2O)C1. The van der Waals surface area contributed by atoms with E-state index in [1.54, 1.807) is 6.20 Å². The van der Waals surface area contributed by atoms with Crippen molar-refractivity contribution in [1.82, 2.24) is 15.2 Å². The summed E-state index contributed by atoms with van der Waals surface area (Å²) in [6.07, 6.45) is 2.71. The minimum Gasteiger partial charge on any atom is -0.465 e. The molecule has 0 bridgehead atoms. The lowest BCUT2D eigenvalue weighted by Crippen LogP contribution is -2.49. The Labute approximate surface area is 117 Å². The zero-order chi connectivity index (χ0) is 14.1. The van der Waals surface area contributed by atoms with Gasteiger partial charge < -0.3 is 15.5 Å². The van der Waals surface area contributed by atoms with E-state index in [-0.39, 0.29) is 12.1 Å². The molecule has 1 aliphatic carbocycles. The molecule has 2 heterocycles. The molecule has 1 aliphatic heterocycles. The average molecular weight is 277 g/mol. The lowest BCUT2D eigenvalue weighted by Gasteiger charge is -2.37. The van der Waals surface area contributed by atoms with Crippen LogP contribution in [0.5, 0.6) is 0 Å². The van der Waals surface area contributed by atoms with Crippen LogP contribution in [-0.4, -0.2) is 51.4 Å². The number of aliphatic hydroxyl groups is 1. The molecule has 20 heavy (non-hydrogen) atoms. The summed E-state index contributed by atoms with van der Waals surface area (Å²) in [6.45, 7) is 1.50. The summed E-state index contributed by atoms with van der Waals surface area (Å²) in [7, 11) is 0. The van der Waals surface area contributed by atoms with Gasteiger partial charge in [-0.15, -0.1) is 0 Å². The molecule has 3 atom stereocenters. The van der Waals surface area contributed by atoms with Crippen molar-refractivity contribution in [2.45, 2.75) is 37.5 Å². The van der Waals surface area contributed by atoms with E-state index < -0.39 is 12.2 Å². The Morgan fingerprint density at radius 3 is 3.15 bits per heavy atom. The molecule has 0 radical (unpaired) electrons. The third-order valence-electron chi connectivity index (χ3n) is 4.17. The maximum Gasteiger partial charge on any atom is 0.404 e. The number of likely N-dealkylation sites (tertiary alicyclic amines) is 1. The molecule has 1 fully saturated rings. The molecular weight excluding hydrogens is 258 g/mol. The molecule has 1 amide bonds. The van der Waals surface area contributed by atoms with Crippen molar-refractivity contribution in [3.8, 4) is 0 Å². The van der Waals surface area contributed by atoms with Gasteiger partial charge >= 0.3 is 6.09 Å². The number of aromatic nitrogens is 1. The highest BCUT2D eigenvalue weighted by molar-refractivity contribution is 5.64. The maximum atomic E-state index is 10.8. The fraction of sp³-hybridized carbons (Fsp3) is 0.571. The molecule has 6 nitrogen and oxygen atoms in total. The number of aliphatic hydroxyl groups excluding tert-OH is 1. The second-order valence-corrected chi connectivity index (χ2v) is 5.55. The number of carboxylic acid groups (broad SMARTS) is 1. The Kier molecular flexibility index (Phi) is 3.58. The maximum absolute atomic E-state index is 10.8. The minimum absolute atomic E-state index is 0.0683. The van der Waals surface area contributed by atoms with Gasteiger partial charge in [-0.2, -0.15) is 0 Å². The summed E-state index contributed by atoms with van der Waals surface area (Å²) in [6, 6.07) is 3.72. The average Bonchev–Trinajstić information content (AvgIpc) is 2.74. The summed E-state index contributed by atoms with van der Waals surface area (Å²) in [4.78, 5) is 17.3. The fourth-order valence-electron chi connectivity index (χ4n) is 3.38. The molecule has 0 unspecified atom stereocenters. The van der Waals surface area contributed by atoms with Crippen molar-refractivity contribution >= 4 is 6.09 Å². The molecule has 0 aromatic carbocycles. The Hall–Kier alpha value is -1.66. The summed E-state index contributed by atoms with van der Waals surface area (Å²) >= 11 is 0. The molecule has 3 rings (SSSR count). The van der Waals surface area contributed by atoms with Crippen LogP contribution >= 0.6 is 0 Å². The van der Waals surface area contributed by atoms with Crippen LogP contribution in [-0.2, 0) is 6.42 Å². The highest BCUT2D eigenvalue weighted by Crippen LogP contribution is 2.35. The number of carbonyl (C=O) groups is 1. The second-order valence-electron chi connectivity index (χ2n) is 5.55. The molecule has 1 aromatic rings. The van der Waals surface area contributed by atoms with Crippen molar-refractivity contribution in [3.05, 3.63) is 29.6 Å². The topological polar surface area (TPSA) is 85.7 Å². The van der Waals surface area contributed by atoms with Gasteiger partial charge in [-0.3, -0.25) is 9.88 Å². The molecule has 108 valence electrons. The smallest absolute Gasteiger partial charge is 0.404 e. The van der Waals surface area contributed by atoms with Gasteiger partial charge in [-0.25, -0.2) is 4.79 Å². The van der Waals surface area contributed by atoms with Crippen LogP contribution in [0.1, 0.15) is 30.1 Å². The van der Waals surface area contributed by atoms with Crippen LogP contribution in [0.4, 0.5) is 4.79 Å². The number of fused-ring (bicyclic) bond motifs is 1. The zero-order valence-electron chi connectivity index (χ0n) is 11.2. The number of piperidine rings is 1. The number of rotatable bonds is 2. The number of amides is 1. The van der Waals surface area contributed by atoms with Gasteiger partial charge in [0.1, 0.15) is 0 Å². The van der Waals surface area contributed by atoms with Crippen molar-refractivity contribution < 1.29 is 15.0 Å². The van der Waals surface area contributed by atoms with E-state index >= 15 is 0 Å². The van der Waals surface area contributed by atoms with Crippen molar-refractivity contribution in [2.75, 3.05) is 13.1 Å². The third kappa shape index (κ3) is 2.48. The summed E-state index contributed by atoms with van der Waals surface area (Å²) in [5.41, 5.74) is 2.04. The third-order valence-corrected chi connectivity index (χ3v) is 4.17. The fourth-order valence-corrected chi connectivity index (χ4v) is 3.38. The van der Waals surface area contributed by atoms with Gasteiger partial charge in [0.15, 0.2) is 0 Å². The summed E-state index contributed by atoms with van der Waals surface area (Å²) in [5.74, 6) is 0. The van der Waals surface area contributed by atoms with E-state index in [1.807, 2.05) is 12.1 Å². The van der Waals surface area contributed by atoms with Crippen molar-refractivity contribution in [1.29, 1.82) is 0 Å². The lowest BCUT2D eigenvalue weighted by molar-refractivity contribution is 0.0395. The van der Waals surface area contributed by atoms with E-state index in [4.69, 9.17) is 5.11 Å². The number of hydrogen-bond donors (Lipinski definition) is 3. The van der Waals surface area contributed by atoms with Crippen LogP contribution in [0.15, 0.2) is 18.3 Å². The predicted molar refractivity (Wildman–Crippen MR) is 72.4 cm³/mol. The first kappa shape index (κ1) is 13.3. The van der Waals surface area contributed by atoms with Crippen LogP contribution in [0.3, 0.4) is 0 Å². The van der Waals surface area contributed by atoms with Crippen LogP contribution in [0.25, 0.3) is 0 Å². The number of nitrogens with one attached hydrogen (secondary N) is 1. The van der Waals surface area contributed by atoms with Gasteiger partial charge in [-0.05, 0) is 31.0 Å². The molecular formula is C14H19N3O3. The monoisotopic (exact) mass is 277 g/mol. The van der Waals surface area contributed by atoms with Gasteiger partial charge in [0.2, 0.25) is 0 Å². The molecule has 1 aromatic heterocycles. The highest BCUT2D eigenvalue weighted by atomic mass is 16.4. The highest BCUT2D eigenvalue weighted by Gasteiger charge is 2.38. The van der Waals surface area contributed by atoms with Crippen molar-refractivity contribution in [3.63, 3.8) is 0 Å². The summed E-state index contributed by atoms with van der Waals surface area (Å²) < 4.78 is 0. The van der Waals surface area contributed by atoms with E-state index in [9.17, 15) is 9.90 Å². The van der Waals surface area contributed by atoms with Crippen LogP contribution < -0.4 is 5.32 Å². The Morgan fingerprint density at radius 2 is 2.35 bits per heavy atom. The minimum atomic E-state index is -0.984. The largest absolute Gasteiger partial charge is 0.465 e. The first-order valence-electron chi connectivity index (χ1n) is 7.00. The Balaban J connectivity index is 1.77. The predicted octanol–water partition coefficient (Wildman–Crippen LogP) is 0.772. The molecule has 6 heteroatoms. The normalized spacial score (nSPS) is 29.9. The first-order valence-corrected chi connectivity index (χ1v) is 7.00. The molecule has 2 aliphatic rings. The van der Waals surface area contributed by atoms with Gasteiger partial charge in [0.25, 0.3) is 0 Å². The summed E-state index contributed by atoms with van der Waals surface area (Å²) in [5, 5.41) is 21.7. The quantitative estimate of drug-likeness (QED) is 0.743. The first-order chi connectivity index (χ1) is 9.65. The standard InChI is InChI=1S/C14H19N3O3/c18-11-7-9-3-1-5-15-12(9)13(11)17-6-2-4-10(8-17)16-14(19)20/h1,3,5,10-11,13,16,18H,2,4,6-8H2,(H,19,20)/t10-,11+,13-/m1/s1. The van der Waals surface area contributed by atoms with Gasteiger partial charge in [0.05, 0.1) is 17.8 Å². The van der Waals surface area contributed by atoms with Gasteiger partial charge in [-0.1, -0.05) is 6.07 Å². The van der Waals surface area contributed by atoms with E-state index in [0.29, 0.717) is 13.0 Å². The Morgan fingerprint density at radius 1 is 1.50 bits per heavy atom. The molecule has 0 spiro atoms. The second kappa shape index (κ2) is 5.38.